The van der Waals surface area contributed by atoms with Gasteiger partial charge in [0, 0.05) is 18.9 Å². The van der Waals surface area contributed by atoms with Gasteiger partial charge in [0.25, 0.3) is 0 Å². The molecule has 28 heavy (non-hydrogen) atoms. The van der Waals surface area contributed by atoms with Crippen LogP contribution in [0.3, 0.4) is 0 Å². The summed E-state index contributed by atoms with van der Waals surface area (Å²) in [7, 11) is 0. The molecule has 2 fully saturated rings. The number of rotatable bonds is 6. The van der Waals surface area contributed by atoms with Crippen LogP contribution in [0.15, 0.2) is 12.1 Å². The summed E-state index contributed by atoms with van der Waals surface area (Å²) >= 11 is 0. The van der Waals surface area contributed by atoms with E-state index >= 15 is 4.39 Å². The highest BCUT2D eigenvalue weighted by Crippen LogP contribution is 2.53. The first kappa shape index (κ1) is 19.4. The highest BCUT2D eigenvalue weighted by atomic mass is 19.1. The number of hydrogen-bond donors (Lipinski definition) is 2. The summed E-state index contributed by atoms with van der Waals surface area (Å²) in [6, 6.07) is 3.63. The fraction of sp³-hybridized carbons (Fsp3) is 0.636. The van der Waals surface area contributed by atoms with Gasteiger partial charge in [0.1, 0.15) is 5.52 Å². The van der Waals surface area contributed by atoms with Crippen molar-refractivity contribution in [2.45, 2.75) is 77.9 Å². The second kappa shape index (κ2) is 6.55. The molecule has 1 aromatic heterocycles. The lowest BCUT2D eigenvalue weighted by atomic mass is 9.92. The molecule has 1 aromatic carbocycles. The quantitative estimate of drug-likeness (QED) is 0.762. The fourth-order valence-corrected chi connectivity index (χ4v) is 4.20. The van der Waals surface area contributed by atoms with Crippen LogP contribution in [-0.4, -0.2) is 26.2 Å². The van der Waals surface area contributed by atoms with Crippen LogP contribution in [0.5, 0.6) is 0 Å². The lowest BCUT2D eigenvalue weighted by Gasteiger charge is -2.29. The number of aliphatic hydroxyl groups is 1. The van der Waals surface area contributed by atoms with E-state index in [1.807, 2.05) is 4.57 Å². The molecule has 5 nitrogen and oxygen atoms in total. The Labute approximate surface area is 165 Å². The van der Waals surface area contributed by atoms with Gasteiger partial charge < -0.3 is 9.67 Å². The Kier molecular flexibility index (Phi) is 4.53. The molecule has 0 aliphatic heterocycles. The number of hydrogen-bond acceptors (Lipinski definition) is 3. The largest absolute Gasteiger partial charge is 0.390 e. The van der Waals surface area contributed by atoms with Crippen LogP contribution in [0, 0.1) is 17.2 Å². The fourth-order valence-electron chi connectivity index (χ4n) is 4.20. The zero-order chi connectivity index (χ0) is 20.3. The third-order valence-corrected chi connectivity index (χ3v) is 6.33. The van der Waals surface area contributed by atoms with Crippen LogP contribution in [0.4, 0.5) is 10.3 Å². The van der Waals surface area contributed by atoms with Gasteiger partial charge in [-0.3, -0.25) is 10.1 Å². The van der Waals surface area contributed by atoms with Crippen LogP contribution in [-0.2, 0) is 11.2 Å². The number of halogens is 1. The normalized spacial score (nSPS) is 21.6. The Bertz CT molecular complexity index is 922. The predicted octanol–water partition coefficient (Wildman–Crippen LogP) is 4.59. The maximum absolute atomic E-state index is 15.4. The minimum absolute atomic E-state index is 0.0522. The summed E-state index contributed by atoms with van der Waals surface area (Å²) in [4.78, 5) is 17.1. The topological polar surface area (TPSA) is 67.2 Å². The molecule has 6 heteroatoms. The van der Waals surface area contributed by atoms with E-state index in [1.54, 1.807) is 26.0 Å². The molecule has 2 aliphatic carbocycles. The molecule has 0 spiro atoms. The Balaban J connectivity index is 1.68. The van der Waals surface area contributed by atoms with E-state index in [2.05, 4.69) is 24.1 Å². The zero-order valence-corrected chi connectivity index (χ0v) is 17.2. The second-order valence-electron chi connectivity index (χ2n) is 9.93. The maximum atomic E-state index is 15.4. The highest BCUT2D eigenvalue weighted by molar-refractivity contribution is 5.92. The lowest BCUT2D eigenvalue weighted by molar-refractivity contribution is -0.116. The number of nitrogens with zero attached hydrogens (tertiary/aromatic N) is 2. The summed E-state index contributed by atoms with van der Waals surface area (Å²) in [6.07, 6.45) is 4.78. The molecule has 1 amide bonds. The number of carbonyl (C=O) groups excluding carboxylic acids is 1. The smallest absolute Gasteiger partial charge is 0.226 e. The van der Waals surface area contributed by atoms with Gasteiger partial charge in [0.2, 0.25) is 11.9 Å². The summed E-state index contributed by atoms with van der Waals surface area (Å²) < 4.78 is 17.2. The summed E-state index contributed by atoms with van der Waals surface area (Å²) in [5, 5.41) is 13.1. The third kappa shape index (κ3) is 3.66. The van der Waals surface area contributed by atoms with Crippen LogP contribution in [0.25, 0.3) is 11.0 Å². The second-order valence-corrected chi connectivity index (χ2v) is 9.93. The van der Waals surface area contributed by atoms with Crippen molar-refractivity contribution in [1.29, 1.82) is 0 Å². The first-order chi connectivity index (χ1) is 13.0. The van der Waals surface area contributed by atoms with E-state index in [-0.39, 0.29) is 29.6 Å². The molecule has 0 unspecified atom stereocenters. The Morgan fingerprint density at radius 1 is 1.39 bits per heavy atom. The lowest BCUT2D eigenvalue weighted by Crippen LogP contribution is -2.24. The minimum Gasteiger partial charge on any atom is -0.390 e. The predicted molar refractivity (Wildman–Crippen MR) is 108 cm³/mol. The molecule has 2 N–H and O–H groups in total. The average molecular weight is 387 g/mol. The van der Waals surface area contributed by atoms with Crippen LogP contribution in [0.1, 0.15) is 71.4 Å². The van der Waals surface area contributed by atoms with Crippen molar-refractivity contribution in [3.05, 3.63) is 23.5 Å². The average Bonchev–Trinajstić information content (AvgIpc) is 2.94. The molecule has 2 aliphatic rings. The van der Waals surface area contributed by atoms with Crippen molar-refractivity contribution in [2.24, 2.45) is 11.3 Å². The van der Waals surface area contributed by atoms with Gasteiger partial charge in [0.15, 0.2) is 5.82 Å². The first-order valence-corrected chi connectivity index (χ1v) is 10.3. The Hall–Kier alpha value is -1.95. The molecule has 0 saturated heterocycles. The van der Waals surface area contributed by atoms with Gasteiger partial charge in [-0.25, -0.2) is 9.37 Å². The van der Waals surface area contributed by atoms with Crippen LogP contribution >= 0.6 is 0 Å². The summed E-state index contributed by atoms with van der Waals surface area (Å²) in [6.45, 7) is 7.69. The molecule has 1 heterocycles. The molecule has 2 saturated carbocycles. The number of anilines is 1. The molecule has 2 aromatic rings. The summed E-state index contributed by atoms with van der Waals surface area (Å²) in [5.74, 6) is 0.457. The van der Waals surface area contributed by atoms with E-state index in [1.165, 1.54) is 0 Å². The number of amides is 1. The van der Waals surface area contributed by atoms with E-state index in [0.717, 1.165) is 25.7 Å². The van der Waals surface area contributed by atoms with E-state index < -0.39 is 5.60 Å². The zero-order valence-electron chi connectivity index (χ0n) is 17.2. The van der Waals surface area contributed by atoms with Gasteiger partial charge in [-0.2, -0.15) is 0 Å². The molecule has 0 radical (unpaired) electrons. The number of nitrogens with one attached hydrogen (secondary N) is 1. The molecule has 4 rings (SSSR count). The van der Waals surface area contributed by atoms with Crippen molar-refractivity contribution < 1.29 is 14.3 Å². The van der Waals surface area contributed by atoms with Crippen LogP contribution < -0.4 is 5.32 Å². The number of imidazole rings is 1. The maximum Gasteiger partial charge on any atom is 0.226 e. The van der Waals surface area contributed by atoms with Gasteiger partial charge in [-0.15, -0.1) is 0 Å². The van der Waals surface area contributed by atoms with E-state index in [9.17, 15) is 9.90 Å². The highest BCUT2D eigenvalue weighted by Gasteiger charge is 2.46. The van der Waals surface area contributed by atoms with Gasteiger partial charge in [0.05, 0.1) is 11.1 Å². The number of fused-ring (bicyclic) bond motifs is 1. The van der Waals surface area contributed by atoms with Crippen molar-refractivity contribution in [2.75, 3.05) is 5.32 Å². The van der Waals surface area contributed by atoms with E-state index in [4.69, 9.17) is 0 Å². The third-order valence-electron chi connectivity index (χ3n) is 6.33. The first-order valence-electron chi connectivity index (χ1n) is 10.3. The van der Waals surface area contributed by atoms with Crippen LogP contribution in [0.2, 0.25) is 0 Å². The van der Waals surface area contributed by atoms with E-state index in [0.29, 0.717) is 34.9 Å². The minimum atomic E-state index is -0.996. The monoisotopic (exact) mass is 387 g/mol. The van der Waals surface area contributed by atoms with Crippen molar-refractivity contribution in [1.82, 2.24) is 9.55 Å². The Morgan fingerprint density at radius 3 is 2.61 bits per heavy atom. The number of benzene rings is 1. The molecule has 0 bridgehead atoms. The van der Waals surface area contributed by atoms with Crippen molar-refractivity contribution in [3.63, 3.8) is 0 Å². The molecular formula is C22H30FN3O2. The molecular weight excluding hydrogens is 357 g/mol. The van der Waals surface area contributed by atoms with Crippen molar-refractivity contribution in [3.8, 4) is 0 Å². The van der Waals surface area contributed by atoms with Gasteiger partial charge >= 0.3 is 0 Å². The molecule has 1 atom stereocenters. The number of aromatic nitrogens is 2. The number of carbonyl (C=O) groups is 1. The standard InChI is InChI=1S/C22H30FN3O2/c1-21(2)12-14(21)10-17(27)25-20-24-16-9-8-13(11-22(3,4)28)18(23)19(16)26(20)15-6-5-7-15/h8-9,14-15,28H,5-7,10-12H2,1-4H3,(H,24,25,27)/t14-/m0/s1. The SMILES string of the molecule is CC(C)(O)Cc1ccc2nc(NC(=O)C[C@H]3CC3(C)C)n(C3CCC3)c2c1F. The molecule has 152 valence electrons. The summed E-state index contributed by atoms with van der Waals surface area (Å²) in [5.41, 5.74) is 0.700. The van der Waals surface area contributed by atoms with Crippen molar-refractivity contribution >= 4 is 22.9 Å². The Morgan fingerprint density at radius 2 is 2.07 bits per heavy atom. The van der Waals surface area contributed by atoms with Gasteiger partial charge in [-0.05, 0) is 62.5 Å². The van der Waals surface area contributed by atoms with Gasteiger partial charge in [-0.1, -0.05) is 19.9 Å².